The lowest BCUT2D eigenvalue weighted by Crippen LogP contribution is -2.47. The zero-order chi connectivity index (χ0) is 30.6. The van der Waals surface area contributed by atoms with Gasteiger partial charge in [-0.2, -0.15) is 0 Å². The smallest absolute Gasteiger partial charge is 0.414 e. The van der Waals surface area contributed by atoms with E-state index in [2.05, 4.69) is 4.72 Å². The van der Waals surface area contributed by atoms with Crippen LogP contribution in [-0.2, 0) is 14.8 Å². The molecule has 0 bridgehead atoms. The van der Waals surface area contributed by atoms with Crippen molar-refractivity contribution in [2.45, 2.75) is 25.0 Å². The van der Waals surface area contributed by atoms with Crippen molar-refractivity contribution < 1.29 is 36.6 Å². The molecule has 2 saturated heterocycles. The van der Waals surface area contributed by atoms with Gasteiger partial charge in [0.05, 0.1) is 35.4 Å². The zero-order valence-electron chi connectivity index (χ0n) is 23.1. The average molecular weight is 618 g/mol. The predicted molar refractivity (Wildman–Crippen MR) is 155 cm³/mol. The van der Waals surface area contributed by atoms with Gasteiger partial charge in [0.1, 0.15) is 23.3 Å². The molecule has 3 fully saturated rings. The van der Waals surface area contributed by atoms with E-state index in [1.165, 1.54) is 17.2 Å². The summed E-state index contributed by atoms with van der Waals surface area (Å²) >= 11 is 0. The normalized spacial score (nSPS) is 19.3. The van der Waals surface area contributed by atoms with Crippen LogP contribution in [0.15, 0.2) is 41.3 Å². The number of aromatic carboxylic acids is 1. The van der Waals surface area contributed by atoms with Crippen LogP contribution >= 0.6 is 0 Å². The molecule has 3 heterocycles. The summed E-state index contributed by atoms with van der Waals surface area (Å²) in [6.45, 7) is 1.42. The first kappa shape index (κ1) is 28.9. The molecule has 0 spiro atoms. The number of carboxylic acids is 1. The third kappa shape index (κ3) is 5.73. The first-order valence-corrected chi connectivity index (χ1v) is 15.6. The van der Waals surface area contributed by atoms with Gasteiger partial charge in [0, 0.05) is 50.3 Å². The second-order valence-electron chi connectivity index (χ2n) is 11.0. The van der Waals surface area contributed by atoms with Gasteiger partial charge in [-0.3, -0.25) is 9.69 Å². The van der Waals surface area contributed by atoms with Gasteiger partial charge in [-0.05, 0) is 43.2 Å². The Hall–Kier alpha value is -4.24. The third-order valence-electron chi connectivity index (χ3n) is 7.92. The van der Waals surface area contributed by atoms with Crippen molar-refractivity contribution in [2.24, 2.45) is 0 Å². The van der Waals surface area contributed by atoms with Gasteiger partial charge in [-0.1, -0.05) is 0 Å². The van der Waals surface area contributed by atoms with Gasteiger partial charge in [0.15, 0.2) is 0 Å². The number of ether oxygens (including phenoxy) is 1. The van der Waals surface area contributed by atoms with Crippen LogP contribution in [0.1, 0.15) is 29.2 Å². The molecule has 2 aromatic carbocycles. The lowest BCUT2D eigenvalue weighted by molar-refractivity contribution is 0.0694. The second kappa shape index (κ2) is 10.8. The maximum Gasteiger partial charge on any atom is 0.414 e. The highest BCUT2D eigenvalue weighted by molar-refractivity contribution is 7.88. The first-order valence-electron chi connectivity index (χ1n) is 13.7. The highest BCUT2D eigenvalue weighted by atomic mass is 32.2. The summed E-state index contributed by atoms with van der Waals surface area (Å²) in [7, 11) is -3.46. The lowest BCUT2D eigenvalue weighted by atomic mass is 10.1. The van der Waals surface area contributed by atoms with Crippen molar-refractivity contribution in [3.05, 3.63) is 63.9 Å². The van der Waals surface area contributed by atoms with E-state index in [1.807, 2.05) is 9.80 Å². The van der Waals surface area contributed by atoms with Crippen molar-refractivity contribution in [2.75, 3.05) is 60.2 Å². The third-order valence-corrected chi connectivity index (χ3v) is 8.61. The van der Waals surface area contributed by atoms with E-state index in [-0.39, 0.29) is 35.9 Å². The number of pyridine rings is 1. The van der Waals surface area contributed by atoms with Crippen molar-refractivity contribution in [3.8, 4) is 0 Å². The number of nitrogens with one attached hydrogen (secondary N) is 1. The Balaban J connectivity index is 1.17. The van der Waals surface area contributed by atoms with Crippen molar-refractivity contribution in [1.29, 1.82) is 0 Å². The maximum atomic E-state index is 15.3. The maximum absolute atomic E-state index is 15.3. The number of cyclic esters (lactones) is 1. The molecule has 6 rings (SSSR count). The van der Waals surface area contributed by atoms with E-state index in [0.29, 0.717) is 37.4 Å². The van der Waals surface area contributed by atoms with E-state index in [4.69, 9.17) is 4.74 Å². The number of carbonyl (C=O) groups is 2. The number of halogens is 2. The number of anilines is 3. The van der Waals surface area contributed by atoms with Crippen LogP contribution in [0.2, 0.25) is 0 Å². The van der Waals surface area contributed by atoms with Crippen molar-refractivity contribution in [1.82, 2.24) is 9.29 Å². The number of rotatable bonds is 8. The summed E-state index contributed by atoms with van der Waals surface area (Å²) in [5, 5.41) is 9.49. The van der Waals surface area contributed by atoms with Crippen LogP contribution in [0.3, 0.4) is 0 Å². The van der Waals surface area contributed by atoms with Gasteiger partial charge in [-0.25, -0.2) is 31.5 Å². The lowest BCUT2D eigenvalue weighted by Gasteiger charge is -2.37. The summed E-state index contributed by atoms with van der Waals surface area (Å²) in [4.78, 5) is 41.6. The Morgan fingerprint density at radius 1 is 1.02 bits per heavy atom. The van der Waals surface area contributed by atoms with Gasteiger partial charge in [-0.15, -0.1) is 0 Å². The number of amides is 1. The Bertz CT molecular complexity index is 1800. The Morgan fingerprint density at radius 2 is 1.67 bits per heavy atom. The molecule has 1 aliphatic carbocycles. The molecule has 3 aromatic rings. The number of benzene rings is 2. The molecule has 3 aliphatic rings. The van der Waals surface area contributed by atoms with Crippen molar-refractivity contribution >= 4 is 50.1 Å². The average Bonchev–Trinajstić information content (AvgIpc) is 3.73. The molecule has 15 heteroatoms. The Kier molecular flexibility index (Phi) is 7.24. The predicted octanol–water partition coefficient (Wildman–Crippen LogP) is 2.51. The highest BCUT2D eigenvalue weighted by Gasteiger charge is 2.34. The fourth-order valence-electron chi connectivity index (χ4n) is 5.60. The Labute approximate surface area is 245 Å². The number of fused-ring (bicyclic) bond motifs is 1. The SMILES string of the molecule is CS(=O)(=O)NC[C@@H]1CN(c2ccc(N3CCN(c4cc5c(cc4F)c(=O)c(C(=O)O)cn5C4CC4)CC3)c(F)c2)C(=O)O1. The monoisotopic (exact) mass is 617 g/mol. The summed E-state index contributed by atoms with van der Waals surface area (Å²) in [5.74, 6) is -2.55. The fourth-order valence-corrected chi connectivity index (χ4v) is 6.09. The van der Waals surface area contributed by atoms with Gasteiger partial charge < -0.3 is 24.2 Å². The molecule has 0 radical (unpaired) electrons. The molecule has 1 amide bonds. The summed E-state index contributed by atoms with van der Waals surface area (Å²) in [6.07, 6.45) is 2.60. The number of hydrogen-bond donors (Lipinski definition) is 2. The van der Waals surface area contributed by atoms with E-state index in [1.54, 1.807) is 22.8 Å². The number of aromatic nitrogens is 1. The van der Waals surface area contributed by atoms with E-state index >= 15 is 8.78 Å². The minimum absolute atomic E-state index is 0.0220. The number of hydrogen-bond acceptors (Lipinski definition) is 8. The number of nitrogens with zero attached hydrogens (tertiary/aromatic N) is 4. The molecule has 2 N–H and O–H groups in total. The second-order valence-corrected chi connectivity index (χ2v) is 12.8. The highest BCUT2D eigenvalue weighted by Crippen LogP contribution is 2.38. The molecule has 1 aromatic heterocycles. The minimum atomic E-state index is -3.46. The number of carbonyl (C=O) groups excluding carboxylic acids is 1. The van der Waals surface area contributed by atoms with Gasteiger partial charge >= 0.3 is 12.1 Å². The Morgan fingerprint density at radius 3 is 2.28 bits per heavy atom. The molecule has 228 valence electrons. The van der Waals surface area contributed by atoms with E-state index in [0.717, 1.165) is 25.2 Å². The molecule has 2 aliphatic heterocycles. The number of piperazine rings is 1. The van der Waals surface area contributed by atoms with Crippen molar-refractivity contribution in [3.63, 3.8) is 0 Å². The van der Waals surface area contributed by atoms with Gasteiger partial charge in [0.2, 0.25) is 15.5 Å². The van der Waals surface area contributed by atoms with Crippen LogP contribution in [0, 0.1) is 11.6 Å². The number of carboxylic acid groups (broad SMARTS) is 1. The van der Waals surface area contributed by atoms with E-state index in [9.17, 15) is 27.9 Å². The molecule has 1 saturated carbocycles. The number of sulfonamides is 1. The minimum Gasteiger partial charge on any atom is -0.477 e. The first-order chi connectivity index (χ1) is 20.4. The van der Waals surface area contributed by atoms with Crippen LogP contribution in [0.25, 0.3) is 10.9 Å². The molecular formula is C28H29F2N5O7S. The van der Waals surface area contributed by atoms with Crippen LogP contribution in [-0.4, -0.2) is 81.8 Å². The van der Waals surface area contributed by atoms with E-state index < -0.39 is 50.8 Å². The van der Waals surface area contributed by atoms with Crippen LogP contribution in [0.4, 0.5) is 30.6 Å². The largest absolute Gasteiger partial charge is 0.477 e. The zero-order valence-corrected chi connectivity index (χ0v) is 23.9. The van der Waals surface area contributed by atoms with Crippen LogP contribution < -0.4 is 24.9 Å². The quantitative estimate of drug-likeness (QED) is 0.390. The molecule has 0 unspecified atom stereocenters. The summed E-state index contributed by atoms with van der Waals surface area (Å²) in [6, 6.07) is 7.12. The standard InChI is InChI=1S/C28H29F2N5O7S/c1-43(40,41)31-13-18-14-35(28(39)42-18)17-4-5-23(21(29)10-17)32-6-8-33(9-7-32)25-12-24-19(11-22(25)30)26(36)20(27(37)38)15-34(24)16-2-3-16/h4-5,10-12,15-16,18,31H,2-3,6-9,13-14H2,1H3,(H,37,38)/t18-/m1/s1. The summed E-state index contributed by atoms with van der Waals surface area (Å²) < 4.78 is 62.5. The topological polar surface area (TPSA) is 141 Å². The fraction of sp³-hybridized carbons (Fsp3) is 0.393. The summed E-state index contributed by atoms with van der Waals surface area (Å²) in [5.41, 5.74) is 0.238. The molecule has 12 nitrogen and oxygen atoms in total. The van der Waals surface area contributed by atoms with Crippen LogP contribution in [0.5, 0.6) is 0 Å². The molecule has 1 atom stereocenters. The van der Waals surface area contributed by atoms with Gasteiger partial charge in [0.25, 0.3) is 0 Å². The molecule has 43 heavy (non-hydrogen) atoms. The molecular weight excluding hydrogens is 588 g/mol.